The molecule has 0 radical (unpaired) electrons. The molecule has 1 unspecified atom stereocenters. The Kier molecular flexibility index (Phi) is 9.82. The first kappa shape index (κ1) is 29.5. The van der Waals surface area contributed by atoms with E-state index in [1.54, 1.807) is 67.6 Å². The van der Waals surface area contributed by atoms with E-state index in [1.807, 2.05) is 20.8 Å². The lowest BCUT2D eigenvalue weighted by Crippen LogP contribution is -2.52. The number of nitrogens with one attached hydrogen (secondary N) is 1. The van der Waals surface area contributed by atoms with Crippen LogP contribution in [0.5, 0.6) is 0 Å². The third-order valence-electron chi connectivity index (χ3n) is 5.87. The Morgan fingerprint density at radius 3 is 2.08 bits per heavy atom. The molecule has 0 heterocycles. The lowest BCUT2D eigenvalue weighted by atomic mass is 10.1. The molecule has 0 aliphatic carbocycles. The summed E-state index contributed by atoms with van der Waals surface area (Å²) < 4.78 is 28.6. The van der Waals surface area contributed by atoms with Crippen LogP contribution in [0.4, 0.5) is 5.69 Å². The third-order valence-corrected chi connectivity index (χ3v) is 8.22. The SMILES string of the molecule is Cc1ccc(S(=O)(=O)N(CC(=O)N(Cc2ccc(Cl)cc2)C(C)C(=O)NC(C)C)c2ccccc2Cl)cc1. The zero-order valence-corrected chi connectivity index (χ0v) is 24.0. The predicted molar refractivity (Wildman–Crippen MR) is 152 cm³/mol. The summed E-state index contributed by atoms with van der Waals surface area (Å²) in [5.41, 5.74) is 1.79. The van der Waals surface area contributed by atoms with Gasteiger partial charge in [0.1, 0.15) is 12.6 Å². The van der Waals surface area contributed by atoms with Gasteiger partial charge in [0.25, 0.3) is 10.0 Å². The summed E-state index contributed by atoms with van der Waals surface area (Å²) in [5.74, 6) is -0.921. The zero-order chi connectivity index (χ0) is 28.0. The summed E-state index contributed by atoms with van der Waals surface area (Å²) in [4.78, 5) is 28.1. The van der Waals surface area contributed by atoms with E-state index in [-0.39, 0.29) is 34.1 Å². The molecule has 0 bridgehead atoms. The van der Waals surface area contributed by atoms with Crippen LogP contribution in [0.15, 0.2) is 77.7 Å². The molecule has 0 aliphatic heterocycles. The quantitative estimate of drug-likeness (QED) is 0.348. The van der Waals surface area contributed by atoms with Crippen molar-refractivity contribution >= 4 is 50.7 Å². The summed E-state index contributed by atoms with van der Waals surface area (Å²) >= 11 is 12.4. The fraction of sp³-hybridized carbons (Fsp3) is 0.286. The molecule has 0 saturated carbocycles. The van der Waals surface area contributed by atoms with Crippen molar-refractivity contribution < 1.29 is 18.0 Å². The number of anilines is 1. The molecule has 0 fully saturated rings. The third kappa shape index (κ3) is 7.28. The molecule has 3 aromatic carbocycles. The Morgan fingerprint density at radius 1 is 0.895 bits per heavy atom. The Bertz CT molecular complexity index is 1380. The van der Waals surface area contributed by atoms with Crippen molar-refractivity contribution in [2.45, 2.75) is 51.2 Å². The van der Waals surface area contributed by atoms with Gasteiger partial charge in [0.05, 0.1) is 15.6 Å². The molecule has 0 aliphatic rings. The Labute approximate surface area is 234 Å². The number of aryl methyl sites for hydroxylation is 1. The molecular formula is C28H31Cl2N3O4S. The van der Waals surface area contributed by atoms with E-state index < -0.39 is 28.5 Å². The molecule has 202 valence electrons. The minimum absolute atomic E-state index is 0.0191. The Balaban J connectivity index is 2.04. The van der Waals surface area contributed by atoms with Crippen LogP contribution in [0, 0.1) is 6.92 Å². The minimum Gasteiger partial charge on any atom is -0.352 e. The summed E-state index contributed by atoms with van der Waals surface area (Å²) in [5, 5.41) is 3.53. The molecule has 10 heteroatoms. The van der Waals surface area contributed by atoms with E-state index in [2.05, 4.69) is 5.32 Å². The smallest absolute Gasteiger partial charge is 0.264 e. The van der Waals surface area contributed by atoms with Gasteiger partial charge >= 0.3 is 0 Å². The molecule has 2 amide bonds. The van der Waals surface area contributed by atoms with Gasteiger partial charge in [0.15, 0.2) is 0 Å². The standard InChI is InChI=1S/C28H31Cl2N3O4S/c1-19(2)31-28(35)21(4)32(17-22-11-13-23(29)14-12-22)27(34)18-33(26-8-6-5-7-25(26)30)38(36,37)24-15-9-20(3)10-16-24/h5-16,19,21H,17-18H2,1-4H3,(H,31,35). The van der Waals surface area contributed by atoms with Gasteiger partial charge in [0, 0.05) is 17.6 Å². The average molecular weight is 577 g/mol. The Morgan fingerprint density at radius 2 is 1.50 bits per heavy atom. The molecular weight excluding hydrogens is 545 g/mol. The van der Waals surface area contributed by atoms with E-state index in [1.165, 1.54) is 17.0 Å². The van der Waals surface area contributed by atoms with Gasteiger partial charge < -0.3 is 10.2 Å². The van der Waals surface area contributed by atoms with Crippen molar-refractivity contribution in [1.82, 2.24) is 10.2 Å². The van der Waals surface area contributed by atoms with Crippen molar-refractivity contribution in [3.63, 3.8) is 0 Å². The van der Waals surface area contributed by atoms with Crippen molar-refractivity contribution in [1.29, 1.82) is 0 Å². The zero-order valence-electron chi connectivity index (χ0n) is 21.7. The first-order chi connectivity index (χ1) is 17.9. The van der Waals surface area contributed by atoms with Gasteiger partial charge in [-0.15, -0.1) is 0 Å². The maximum absolute atomic E-state index is 13.8. The number of halogens is 2. The van der Waals surface area contributed by atoms with Crippen LogP contribution in [0.2, 0.25) is 10.0 Å². The number of hydrogen-bond donors (Lipinski definition) is 1. The van der Waals surface area contributed by atoms with Crippen molar-refractivity contribution in [2.75, 3.05) is 10.8 Å². The van der Waals surface area contributed by atoms with Gasteiger partial charge in [-0.05, 0) is 69.7 Å². The van der Waals surface area contributed by atoms with Gasteiger partial charge in [0.2, 0.25) is 11.8 Å². The normalized spacial score (nSPS) is 12.2. The lowest BCUT2D eigenvalue weighted by Gasteiger charge is -2.32. The largest absolute Gasteiger partial charge is 0.352 e. The number of amides is 2. The minimum atomic E-state index is -4.18. The second kappa shape index (κ2) is 12.7. The van der Waals surface area contributed by atoms with E-state index in [9.17, 15) is 18.0 Å². The van der Waals surface area contributed by atoms with Crippen molar-refractivity contribution in [3.8, 4) is 0 Å². The highest BCUT2D eigenvalue weighted by Crippen LogP contribution is 2.31. The highest BCUT2D eigenvalue weighted by Gasteiger charge is 2.33. The molecule has 7 nitrogen and oxygen atoms in total. The van der Waals surface area contributed by atoms with E-state index >= 15 is 0 Å². The predicted octanol–water partition coefficient (Wildman–Crippen LogP) is 5.44. The number of nitrogens with zero attached hydrogens (tertiary/aromatic N) is 2. The van der Waals surface area contributed by atoms with Gasteiger partial charge in [-0.1, -0.05) is 65.2 Å². The summed E-state index contributed by atoms with van der Waals surface area (Å²) in [7, 11) is -4.18. The van der Waals surface area contributed by atoms with E-state index in [4.69, 9.17) is 23.2 Å². The highest BCUT2D eigenvalue weighted by molar-refractivity contribution is 7.92. The molecule has 0 saturated heterocycles. The molecule has 3 rings (SSSR count). The van der Waals surface area contributed by atoms with E-state index in [0.717, 1.165) is 15.4 Å². The van der Waals surface area contributed by atoms with Crippen LogP contribution >= 0.6 is 23.2 Å². The van der Waals surface area contributed by atoms with Crippen LogP contribution < -0.4 is 9.62 Å². The fourth-order valence-electron chi connectivity index (χ4n) is 3.78. The van der Waals surface area contributed by atoms with Crippen molar-refractivity contribution in [3.05, 3.63) is 94.0 Å². The number of carbonyl (C=O) groups is 2. The number of rotatable bonds is 10. The molecule has 38 heavy (non-hydrogen) atoms. The molecule has 1 N–H and O–H groups in total. The second-order valence-electron chi connectivity index (χ2n) is 9.26. The van der Waals surface area contributed by atoms with Gasteiger partial charge in [-0.2, -0.15) is 0 Å². The number of sulfonamides is 1. The van der Waals surface area contributed by atoms with Gasteiger partial charge in [-0.25, -0.2) is 8.42 Å². The monoisotopic (exact) mass is 575 g/mol. The summed E-state index contributed by atoms with van der Waals surface area (Å²) in [6.07, 6.45) is 0. The Hall–Kier alpha value is -3.07. The van der Waals surface area contributed by atoms with Gasteiger partial charge in [-0.3, -0.25) is 13.9 Å². The molecule has 0 aromatic heterocycles. The number of carbonyl (C=O) groups excluding carboxylic acids is 2. The van der Waals surface area contributed by atoms with Crippen LogP contribution in [-0.4, -0.2) is 43.8 Å². The van der Waals surface area contributed by atoms with Crippen LogP contribution in [0.25, 0.3) is 0 Å². The first-order valence-corrected chi connectivity index (χ1v) is 14.3. The average Bonchev–Trinajstić information content (AvgIpc) is 2.86. The van der Waals surface area contributed by atoms with Crippen LogP contribution in [0.1, 0.15) is 31.9 Å². The summed E-state index contributed by atoms with van der Waals surface area (Å²) in [6.45, 7) is 6.62. The number of para-hydroxylation sites is 1. The first-order valence-electron chi connectivity index (χ1n) is 12.1. The second-order valence-corrected chi connectivity index (χ2v) is 12.0. The van der Waals surface area contributed by atoms with Crippen LogP contribution in [-0.2, 0) is 26.2 Å². The van der Waals surface area contributed by atoms with E-state index in [0.29, 0.717) is 5.02 Å². The van der Waals surface area contributed by atoms with Crippen molar-refractivity contribution in [2.24, 2.45) is 0 Å². The molecule has 3 aromatic rings. The number of hydrogen-bond acceptors (Lipinski definition) is 4. The molecule has 0 spiro atoms. The highest BCUT2D eigenvalue weighted by atomic mass is 35.5. The lowest BCUT2D eigenvalue weighted by molar-refractivity contribution is -0.139. The topological polar surface area (TPSA) is 86.8 Å². The fourth-order valence-corrected chi connectivity index (χ4v) is 5.63. The number of benzene rings is 3. The molecule has 1 atom stereocenters. The van der Waals surface area contributed by atoms with Crippen LogP contribution in [0.3, 0.4) is 0 Å². The summed E-state index contributed by atoms with van der Waals surface area (Å²) in [6, 6.07) is 18.6. The maximum atomic E-state index is 13.8. The maximum Gasteiger partial charge on any atom is 0.264 e.